The average Bonchev–Trinajstić information content (AvgIpc) is 2.98. The smallest absolute Gasteiger partial charge is 0.310 e. The van der Waals surface area contributed by atoms with E-state index in [1.165, 1.54) is 0 Å². The summed E-state index contributed by atoms with van der Waals surface area (Å²) >= 11 is 0. The Morgan fingerprint density at radius 3 is 2.19 bits per heavy atom. The first-order valence-electron chi connectivity index (χ1n) is 6.15. The number of esters is 1. The molecule has 1 aromatic carbocycles. The maximum atomic E-state index is 13.4. The second kappa shape index (κ2) is 5.13. The van der Waals surface area contributed by atoms with Crippen LogP contribution in [0.1, 0.15) is 19.4 Å². The third-order valence-corrected chi connectivity index (χ3v) is 3.87. The number of ether oxygens (including phenoxy) is 1. The van der Waals surface area contributed by atoms with Crippen molar-refractivity contribution in [2.24, 2.45) is 17.3 Å². The van der Waals surface area contributed by atoms with E-state index in [4.69, 9.17) is 0 Å². The van der Waals surface area contributed by atoms with Gasteiger partial charge in [0.15, 0.2) is 23.3 Å². The number of aldehydes is 1. The van der Waals surface area contributed by atoms with Crippen LogP contribution in [-0.2, 0) is 20.9 Å². The van der Waals surface area contributed by atoms with Gasteiger partial charge in [0.2, 0.25) is 0 Å². The van der Waals surface area contributed by atoms with E-state index >= 15 is 0 Å². The molecule has 1 aliphatic rings. The lowest BCUT2D eigenvalue weighted by Gasteiger charge is -2.09. The van der Waals surface area contributed by atoms with Crippen molar-refractivity contribution in [2.75, 3.05) is 0 Å². The number of carbonyl (C=O) groups excluding carboxylic acids is 2. The highest BCUT2D eigenvalue weighted by Gasteiger charge is 2.62. The summed E-state index contributed by atoms with van der Waals surface area (Å²) in [5.41, 5.74) is -1.59. The first-order valence-corrected chi connectivity index (χ1v) is 6.15. The van der Waals surface area contributed by atoms with Gasteiger partial charge in [-0.05, 0) is 5.41 Å². The molecule has 0 N–H and O–H groups in total. The Bertz CT molecular complexity index is 586. The van der Waals surface area contributed by atoms with E-state index in [0.29, 0.717) is 6.29 Å². The van der Waals surface area contributed by atoms with E-state index in [0.717, 1.165) is 0 Å². The van der Waals surface area contributed by atoms with E-state index in [1.807, 2.05) is 0 Å². The van der Waals surface area contributed by atoms with E-state index in [2.05, 4.69) is 4.74 Å². The highest BCUT2D eigenvalue weighted by atomic mass is 19.2. The number of rotatable bonds is 4. The largest absolute Gasteiger partial charge is 0.460 e. The summed E-state index contributed by atoms with van der Waals surface area (Å²) in [5.74, 6) is -8.45. The molecule has 3 nitrogen and oxygen atoms in total. The van der Waals surface area contributed by atoms with Crippen molar-refractivity contribution in [3.8, 4) is 0 Å². The molecule has 1 aliphatic carbocycles. The van der Waals surface area contributed by atoms with Crippen molar-refractivity contribution in [2.45, 2.75) is 20.5 Å². The lowest BCUT2D eigenvalue weighted by molar-refractivity contribution is -0.148. The molecule has 0 heterocycles. The molecule has 0 radical (unpaired) electrons. The van der Waals surface area contributed by atoms with Crippen molar-refractivity contribution in [3.05, 3.63) is 34.9 Å². The molecule has 0 aliphatic heterocycles. The van der Waals surface area contributed by atoms with E-state index in [-0.39, 0.29) is 6.07 Å². The Kier molecular flexibility index (Phi) is 3.78. The molecule has 1 fully saturated rings. The SMILES string of the molecule is CC1(C)[C@H](C=O)[C@H]1C(=O)OCc1c(F)c(F)cc(F)c1F. The first kappa shape index (κ1) is 15.5. The van der Waals surface area contributed by atoms with Gasteiger partial charge in [0, 0.05) is 12.0 Å². The molecule has 0 aromatic heterocycles. The summed E-state index contributed by atoms with van der Waals surface area (Å²) < 4.78 is 57.4. The van der Waals surface area contributed by atoms with Crippen LogP contribution >= 0.6 is 0 Å². The lowest BCUT2D eigenvalue weighted by Crippen LogP contribution is -2.13. The van der Waals surface area contributed by atoms with Crippen LogP contribution in [-0.4, -0.2) is 12.3 Å². The van der Waals surface area contributed by atoms with Crippen LogP contribution in [0.2, 0.25) is 0 Å². The van der Waals surface area contributed by atoms with E-state index in [1.54, 1.807) is 13.8 Å². The molecule has 0 amide bonds. The summed E-state index contributed by atoms with van der Waals surface area (Å²) in [7, 11) is 0. The van der Waals surface area contributed by atoms with Crippen LogP contribution in [0.3, 0.4) is 0 Å². The predicted molar refractivity (Wildman–Crippen MR) is 62.9 cm³/mol. The second-order valence-corrected chi connectivity index (χ2v) is 5.52. The quantitative estimate of drug-likeness (QED) is 0.372. The van der Waals surface area contributed by atoms with Crippen LogP contribution in [0.4, 0.5) is 17.6 Å². The minimum absolute atomic E-state index is 0.0718. The molecule has 2 rings (SSSR count). The van der Waals surface area contributed by atoms with Crippen molar-refractivity contribution < 1.29 is 31.9 Å². The molecule has 114 valence electrons. The third kappa shape index (κ3) is 2.52. The van der Waals surface area contributed by atoms with Crippen LogP contribution in [0.25, 0.3) is 0 Å². The van der Waals surface area contributed by atoms with Gasteiger partial charge in [-0.15, -0.1) is 0 Å². The van der Waals surface area contributed by atoms with E-state index in [9.17, 15) is 27.2 Å². The van der Waals surface area contributed by atoms with Gasteiger partial charge in [0.05, 0.1) is 11.5 Å². The minimum Gasteiger partial charge on any atom is -0.460 e. The Morgan fingerprint density at radius 2 is 1.76 bits per heavy atom. The molecule has 21 heavy (non-hydrogen) atoms. The van der Waals surface area contributed by atoms with Gasteiger partial charge >= 0.3 is 5.97 Å². The van der Waals surface area contributed by atoms with Crippen LogP contribution in [0.15, 0.2) is 6.07 Å². The fourth-order valence-electron chi connectivity index (χ4n) is 2.36. The zero-order chi connectivity index (χ0) is 15.9. The van der Waals surface area contributed by atoms with Gasteiger partial charge in [-0.1, -0.05) is 13.8 Å². The molecule has 2 atom stereocenters. The topological polar surface area (TPSA) is 43.4 Å². The van der Waals surface area contributed by atoms with Crippen LogP contribution in [0.5, 0.6) is 0 Å². The van der Waals surface area contributed by atoms with Crippen molar-refractivity contribution in [3.63, 3.8) is 0 Å². The summed E-state index contributed by atoms with van der Waals surface area (Å²) in [6.07, 6.45) is 0.606. The van der Waals surface area contributed by atoms with Crippen molar-refractivity contribution >= 4 is 12.3 Å². The Morgan fingerprint density at radius 1 is 1.24 bits per heavy atom. The molecule has 0 spiro atoms. The summed E-state index contributed by atoms with van der Waals surface area (Å²) in [6.45, 7) is 2.39. The Balaban J connectivity index is 2.12. The lowest BCUT2D eigenvalue weighted by atomic mass is 10.1. The molecule has 0 bridgehead atoms. The standard InChI is InChI=1S/C14H12F4O3/c1-14(2)7(4-19)10(14)13(20)21-5-6-11(17)8(15)3-9(16)12(6)18/h3-4,7,10H,5H2,1-2H3/t7-,10+/m1/s1. The third-order valence-electron chi connectivity index (χ3n) is 3.87. The predicted octanol–water partition coefficient (Wildman–Crippen LogP) is 2.76. The highest BCUT2D eigenvalue weighted by Crippen LogP contribution is 2.57. The summed E-state index contributed by atoms with van der Waals surface area (Å²) in [6, 6.07) is 0.0718. The van der Waals surface area contributed by atoms with Gasteiger partial charge in [-0.25, -0.2) is 17.6 Å². The molecule has 0 saturated heterocycles. The fourth-order valence-corrected chi connectivity index (χ4v) is 2.36. The van der Waals surface area contributed by atoms with Crippen LogP contribution in [0, 0.1) is 40.5 Å². The molecule has 7 heteroatoms. The van der Waals surface area contributed by atoms with Gasteiger partial charge in [-0.2, -0.15) is 0 Å². The zero-order valence-electron chi connectivity index (χ0n) is 11.3. The van der Waals surface area contributed by atoms with Crippen molar-refractivity contribution in [1.82, 2.24) is 0 Å². The average molecular weight is 304 g/mol. The number of benzene rings is 1. The Hall–Kier alpha value is -1.92. The van der Waals surface area contributed by atoms with Crippen molar-refractivity contribution in [1.29, 1.82) is 0 Å². The summed E-state index contributed by atoms with van der Waals surface area (Å²) in [4.78, 5) is 22.5. The molecule has 1 saturated carbocycles. The number of halogens is 4. The number of hydrogen-bond donors (Lipinski definition) is 0. The first-order chi connectivity index (χ1) is 9.71. The maximum absolute atomic E-state index is 13.4. The summed E-state index contributed by atoms with van der Waals surface area (Å²) in [5, 5.41) is 0. The van der Waals surface area contributed by atoms with Crippen LogP contribution < -0.4 is 0 Å². The normalized spacial score (nSPS) is 22.8. The maximum Gasteiger partial charge on any atom is 0.310 e. The highest BCUT2D eigenvalue weighted by molar-refractivity contribution is 5.84. The van der Waals surface area contributed by atoms with Gasteiger partial charge < -0.3 is 9.53 Å². The monoisotopic (exact) mass is 304 g/mol. The molecular formula is C14H12F4O3. The molecular weight excluding hydrogens is 292 g/mol. The number of hydrogen-bond acceptors (Lipinski definition) is 3. The number of carbonyl (C=O) groups is 2. The van der Waals surface area contributed by atoms with Gasteiger partial charge in [0.1, 0.15) is 12.9 Å². The molecule has 0 unspecified atom stereocenters. The van der Waals surface area contributed by atoms with Gasteiger partial charge in [-0.3, -0.25) is 4.79 Å². The van der Waals surface area contributed by atoms with E-state index < -0.39 is 58.7 Å². The minimum atomic E-state index is -1.61. The second-order valence-electron chi connectivity index (χ2n) is 5.52. The zero-order valence-corrected chi connectivity index (χ0v) is 11.3. The Labute approximate surface area is 117 Å². The fraction of sp³-hybridized carbons (Fsp3) is 0.429. The molecule has 1 aromatic rings. The van der Waals surface area contributed by atoms with Gasteiger partial charge in [0.25, 0.3) is 0 Å².